The van der Waals surface area contributed by atoms with E-state index < -0.39 is 10.0 Å². The van der Waals surface area contributed by atoms with Crippen LogP contribution < -0.4 is 10.1 Å². The van der Waals surface area contributed by atoms with Gasteiger partial charge in [0.15, 0.2) is 6.61 Å². The lowest BCUT2D eigenvalue weighted by atomic mass is 10.2. The van der Waals surface area contributed by atoms with Gasteiger partial charge in [0.05, 0.1) is 4.90 Å². The highest BCUT2D eigenvalue weighted by Gasteiger charge is 2.25. The number of carbonyl (C=O) groups is 1. The van der Waals surface area contributed by atoms with Crippen molar-refractivity contribution in [3.05, 3.63) is 24.3 Å². The molecule has 25 heavy (non-hydrogen) atoms. The summed E-state index contributed by atoms with van der Waals surface area (Å²) < 4.78 is 32.4. The first kappa shape index (κ1) is 19.7. The lowest BCUT2D eigenvalue weighted by molar-refractivity contribution is -0.123. The third-order valence-corrected chi connectivity index (χ3v) is 6.33. The number of nitrogens with zero attached hydrogens (tertiary/aromatic N) is 1. The van der Waals surface area contributed by atoms with Gasteiger partial charge in [-0.15, -0.1) is 0 Å². The molecule has 0 bridgehead atoms. The fourth-order valence-electron chi connectivity index (χ4n) is 2.71. The molecule has 0 aliphatic carbocycles. The second-order valence-corrected chi connectivity index (χ2v) is 8.39. The average Bonchev–Trinajstić information content (AvgIpc) is 2.90. The molecule has 1 N–H and O–H groups in total. The number of benzene rings is 1. The SMILES string of the molecule is CC[C@@H](C)NC(=O)COc1ccc(S(=O)(=O)N2CCCCCC2)cc1. The van der Waals surface area contributed by atoms with Gasteiger partial charge in [0.2, 0.25) is 10.0 Å². The third kappa shape index (κ3) is 5.71. The zero-order valence-electron chi connectivity index (χ0n) is 15.0. The summed E-state index contributed by atoms with van der Waals surface area (Å²) in [5, 5.41) is 2.82. The van der Waals surface area contributed by atoms with Crippen LogP contribution in [0, 0.1) is 0 Å². The van der Waals surface area contributed by atoms with E-state index in [9.17, 15) is 13.2 Å². The molecule has 1 atom stereocenters. The van der Waals surface area contributed by atoms with Crippen molar-refractivity contribution in [1.29, 1.82) is 0 Å². The third-order valence-electron chi connectivity index (χ3n) is 4.42. The number of hydrogen-bond acceptors (Lipinski definition) is 4. The lowest BCUT2D eigenvalue weighted by Crippen LogP contribution is -2.35. The molecule has 1 aliphatic heterocycles. The molecule has 1 saturated heterocycles. The molecule has 1 aliphatic rings. The number of amides is 1. The van der Waals surface area contributed by atoms with Crippen molar-refractivity contribution < 1.29 is 17.9 Å². The van der Waals surface area contributed by atoms with Gasteiger partial charge in [-0.3, -0.25) is 4.79 Å². The topological polar surface area (TPSA) is 75.7 Å². The number of hydrogen-bond donors (Lipinski definition) is 1. The van der Waals surface area contributed by atoms with Gasteiger partial charge in [-0.2, -0.15) is 4.31 Å². The summed E-state index contributed by atoms with van der Waals surface area (Å²) in [6.45, 7) is 5.00. The van der Waals surface area contributed by atoms with Crippen LogP contribution in [0.1, 0.15) is 46.0 Å². The van der Waals surface area contributed by atoms with E-state index in [-0.39, 0.29) is 23.5 Å². The average molecular weight is 368 g/mol. The van der Waals surface area contributed by atoms with Gasteiger partial charge in [0.1, 0.15) is 5.75 Å². The maximum atomic E-state index is 12.7. The van der Waals surface area contributed by atoms with E-state index in [1.54, 1.807) is 28.6 Å². The molecule has 0 aromatic heterocycles. The van der Waals surface area contributed by atoms with Gasteiger partial charge in [0.25, 0.3) is 5.91 Å². The first-order chi connectivity index (χ1) is 11.9. The minimum atomic E-state index is -3.45. The smallest absolute Gasteiger partial charge is 0.258 e. The Balaban J connectivity index is 1.95. The normalized spacial score (nSPS) is 17.5. The monoisotopic (exact) mass is 368 g/mol. The van der Waals surface area contributed by atoms with E-state index in [2.05, 4.69) is 5.32 Å². The first-order valence-corrected chi connectivity index (χ1v) is 10.4. The van der Waals surface area contributed by atoms with E-state index in [1.807, 2.05) is 13.8 Å². The number of carbonyl (C=O) groups excluding carboxylic acids is 1. The highest BCUT2D eigenvalue weighted by atomic mass is 32.2. The Kier molecular flexibility index (Phi) is 7.25. The Morgan fingerprint density at radius 3 is 2.32 bits per heavy atom. The Bertz CT molecular complexity index is 650. The van der Waals surface area contributed by atoms with Gasteiger partial charge in [-0.05, 0) is 50.5 Å². The molecule has 6 nitrogen and oxygen atoms in total. The molecule has 0 radical (unpaired) electrons. The van der Waals surface area contributed by atoms with Gasteiger partial charge >= 0.3 is 0 Å². The van der Waals surface area contributed by atoms with Crippen LogP contribution >= 0.6 is 0 Å². The molecule has 1 aromatic rings. The maximum Gasteiger partial charge on any atom is 0.258 e. The summed E-state index contributed by atoms with van der Waals surface area (Å²) in [5.41, 5.74) is 0. The molecule has 1 heterocycles. The van der Waals surface area contributed by atoms with Crippen LogP contribution in [-0.2, 0) is 14.8 Å². The van der Waals surface area contributed by atoms with E-state index >= 15 is 0 Å². The predicted molar refractivity (Wildman–Crippen MR) is 97.1 cm³/mol. The van der Waals surface area contributed by atoms with Crippen LogP contribution in [0.2, 0.25) is 0 Å². The van der Waals surface area contributed by atoms with Crippen molar-refractivity contribution in [1.82, 2.24) is 9.62 Å². The minimum Gasteiger partial charge on any atom is -0.484 e. The standard InChI is InChI=1S/C18H28N2O4S/c1-3-15(2)19-18(21)14-24-16-8-10-17(11-9-16)25(22,23)20-12-6-4-5-7-13-20/h8-11,15H,3-7,12-14H2,1-2H3,(H,19,21)/t15-/m1/s1. The first-order valence-electron chi connectivity index (χ1n) is 8.96. The van der Waals surface area contributed by atoms with E-state index in [0.29, 0.717) is 18.8 Å². The van der Waals surface area contributed by atoms with E-state index in [0.717, 1.165) is 32.1 Å². The quantitative estimate of drug-likeness (QED) is 0.802. The highest BCUT2D eigenvalue weighted by Crippen LogP contribution is 2.22. The van der Waals surface area contributed by atoms with Crippen molar-refractivity contribution in [2.75, 3.05) is 19.7 Å². The molecular formula is C18H28N2O4S. The summed E-state index contributed by atoms with van der Waals surface area (Å²) >= 11 is 0. The van der Waals surface area contributed by atoms with Crippen molar-refractivity contribution in [3.63, 3.8) is 0 Å². The molecule has 140 valence electrons. The molecule has 0 saturated carbocycles. The van der Waals surface area contributed by atoms with Crippen LogP contribution in [-0.4, -0.2) is 44.4 Å². The van der Waals surface area contributed by atoms with Crippen molar-refractivity contribution in [2.24, 2.45) is 0 Å². The van der Waals surface area contributed by atoms with Crippen molar-refractivity contribution in [3.8, 4) is 5.75 Å². The number of sulfonamides is 1. The Morgan fingerprint density at radius 2 is 1.76 bits per heavy atom. The lowest BCUT2D eigenvalue weighted by Gasteiger charge is -2.20. The van der Waals surface area contributed by atoms with Gasteiger partial charge in [-0.1, -0.05) is 19.8 Å². The van der Waals surface area contributed by atoms with Crippen LogP contribution in [0.5, 0.6) is 5.75 Å². The van der Waals surface area contributed by atoms with Crippen LogP contribution in [0.15, 0.2) is 29.2 Å². The van der Waals surface area contributed by atoms with Crippen molar-refractivity contribution in [2.45, 2.75) is 56.9 Å². The molecule has 0 spiro atoms. The molecule has 7 heteroatoms. The van der Waals surface area contributed by atoms with Crippen molar-refractivity contribution >= 4 is 15.9 Å². The minimum absolute atomic E-state index is 0.0808. The molecule has 2 rings (SSSR count). The zero-order valence-corrected chi connectivity index (χ0v) is 15.8. The second kappa shape index (κ2) is 9.20. The molecule has 1 aromatic carbocycles. The Labute approximate surface area is 150 Å². The highest BCUT2D eigenvalue weighted by molar-refractivity contribution is 7.89. The molecule has 0 unspecified atom stereocenters. The summed E-state index contributed by atoms with van der Waals surface area (Å²) in [7, 11) is -3.45. The molecular weight excluding hydrogens is 340 g/mol. The fraction of sp³-hybridized carbons (Fsp3) is 0.611. The fourth-order valence-corrected chi connectivity index (χ4v) is 4.22. The van der Waals surface area contributed by atoms with Crippen LogP contribution in [0.4, 0.5) is 0 Å². The number of ether oxygens (including phenoxy) is 1. The maximum absolute atomic E-state index is 12.7. The summed E-state index contributed by atoms with van der Waals surface area (Å²) in [5.74, 6) is 0.296. The largest absolute Gasteiger partial charge is 0.484 e. The number of rotatable bonds is 7. The Morgan fingerprint density at radius 1 is 1.16 bits per heavy atom. The van der Waals surface area contributed by atoms with Gasteiger partial charge < -0.3 is 10.1 Å². The summed E-state index contributed by atoms with van der Waals surface area (Å²) in [6, 6.07) is 6.39. The molecule has 1 fully saturated rings. The van der Waals surface area contributed by atoms with Crippen LogP contribution in [0.25, 0.3) is 0 Å². The summed E-state index contributed by atoms with van der Waals surface area (Å²) in [6.07, 6.45) is 4.83. The van der Waals surface area contributed by atoms with Crippen LogP contribution in [0.3, 0.4) is 0 Å². The zero-order chi connectivity index (χ0) is 18.3. The van der Waals surface area contributed by atoms with Gasteiger partial charge in [0, 0.05) is 19.1 Å². The van der Waals surface area contributed by atoms with Gasteiger partial charge in [-0.25, -0.2) is 8.42 Å². The predicted octanol–water partition coefficient (Wildman–Crippen LogP) is 2.54. The second-order valence-electron chi connectivity index (χ2n) is 6.46. The summed E-state index contributed by atoms with van der Waals surface area (Å²) in [4.78, 5) is 12.0. The Hall–Kier alpha value is -1.60. The molecule has 1 amide bonds. The van der Waals surface area contributed by atoms with E-state index in [4.69, 9.17) is 4.74 Å². The number of nitrogens with one attached hydrogen (secondary N) is 1. The van der Waals surface area contributed by atoms with E-state index in [1.165, 1.54) is 0 Å².